The number of hydrogen-bond donors (Lipinski definition) is 3. The van der Waals surface area contributed by atoms with Crippen LogP contribution in [0.2, 0.25) is 0 Å². The van der Waals surface area contributed by atoms with Crippen LogP contribution >= 0.6 is 0 Å². The van der Waals surface area contributed by atoms with Crippen LogP contribution in [0.25, 0.3) is 0 Å². The second-order valence-corrected chi connectivity index (χ2v) is 5.62. The van der Waals surface area contributed by atoms with Gasteiger partial charge in [-0.25, -0.2) is 0 Å². The van der Waals surface area contributed by atoms with Gasteiger partial charge in [0.05, 0.1) is 17.8 Å². The van der Waals surface area contributed by atoms with Crippen LogP contribution in [-0.4, -0.2) is 11.9 Å². The van der Waals surface area contributed by atoms with Crippen molar-refractivity contribution in [3.8, 4) is 0 Å². The first-order valence-electron chi connectivity index (χ1n) is 6.98. The average Bonchev–Trinajstić information content (AvgIpc) is 2.68. The van der Waals surface area contributed by atoms with Crippen molar-refractivity contribution < 1.29 is 4.79 Å². The number of nitrogen functional groups attached to an aromatic ring is 1. The lowest BCUT2D eigenvalue weighted by Crippen LogP contribution is -2.19. The van der Waals surface area contributed by atoms with Crippen LogP contribution in [0.5, 0.6) is 0 Å². The molecule has 0 aliphatic carbocycles. The summed E-state index contributed by atoms with van der Waals surface area (Å²) in [5.74, 6) is 0.733. The standard InChI is InChI=1S/C15H23N3O/c1-4-9(2)5-10(3)17-14-8-13-11(6-12(14)16)7-15(19)18-13/h6,8-10,17H,4-5,7,16H2,1-3H3,(H,18,19). The van der Waals surface area contributed by atoms with Gasteiger partial charge in [0.15, 0.2) is 0 Å². The van der Waals surface area contributed by atoms with E-state index in [2.05, 4.69) is 31.4 Å². The number of anilines is 3. The van der Waals surface area contributed by atoms with Crippen molar-refractivity contribution in [2.24, 2.45) is 5.92 Å². The Morgan fingerprint density at radius 3 is 2.84 bits per heavy atom. The Kier molecular flexibility index (Phi) is 3.98. The number of rotatable bonds is 5. The molecule has 0 saturated heterocycles. The normalized spacial score (nSPS) is 16.7. The molecule has 0 bridgehead atoms. The smallest absolute Gasteiger partial charge is 0.228 e. The molecule has 0 aromatic heterocycles. The zero-order valence-electron chi connectivity index (χ0n) is 11.9. The highest BCUT2D eigenvalue weighted by molar-refractivity contribution is 6.00. The molecule has 1 aliphatic heterocycles. The molecule has 0 radical (unpaired) electrons. The average molecular weight is 261 g/mol. The Labute approximate surface area is 114 Å². The highest BCUT2D eigenvalue weighted by atomic mass is 16.1. The minimum Gasteiger partial charge on any atom is -0.397 e. The molecule has 0 spiro atoms. The number of nitrogens with one attached hydrogen (secondary N) is 2. The SMILES string of the molecule is CCC(C)CC(C)Nc1cc2c(cc1N)CC(=O)N2. The minimum atomic E-state index is 0.0409. The molecule has 2 unspecified atom stereocenters. The summed E-state index contributed by atoms with van der Waals surface area (Å²) in [6.07, 6.45) is 2.73. The molecule has 0 fully saturated rings. The number of benzene rings is 1. The van der Waals surface area contributed by atoms with Crippen LogP contribution in [0, 0.1) is 5.92 Å². The van der Waals surface area contributed by atoms with Gasteiger partial charge in [-0.05, 0) is 37.0 Å². The fourth-order valence-electron chi connectivity index (χ4n) is 2.51. The second-order valence-electron chi connectivity index (χ2n) is 5.62. The Morgan fingerprint density at radius 1 is 1.42 bits per heavy atom. The maximum Gasteiger partial charge on any atom is 0.228 e. The molecule has 2 atom stereocenters. The third kappa shape index (κ3) is 3.19. The van der Waals surface area contributed by atoms with Crippen LogP contribution in [-0.2, 0) is 11.2 Å². The van der Waals surface area contributed by atoms with E-state index in [-0.39, 0.29) is 5.91 Å². The van der Waals surface area contributed by atoms with Crippen molar-refractivity contribution in [2.75, 3.05) is 16.4 Å². The third-order valence-corrected chi connectivity index (χ3v) is 3.76. The Hall–Kier alpha value is -1.71. The first-order chi connectivity index (χ1) is 8.99. The maximum atomic E-state index is 11.4. The number of carbonyl (C=O) groups excluding carboxylic acids is 1. The van der Waals surface area contributed by atoms with Gasteiger partial charge >= 0.3 is 0 Å². The quantitative estimate of drug-likeness (QED) is 0.714. The predicted molar refractivity (Wildman–Crippen MR) is 80.3 cm³/mol. The molecule has 1 amide bonds. The van der Waals surface area contributed by atoms with Gasteiger partial charge in [-0.3, -0.25) is 4.79 Å². The summed E-state index contributed by atoms with van der Waals surface area (Å²) in [6.45, 7) is 6.62. The van der Waals surface area contributed by atoms with Crippen LogP contribution in [0.15, 0.2) is 12.1 Å². The zero-order chi connectivity index (χ0) is 14.0. The van der Waals surface area contributed by atoms with Gasteiger partial charge in [-0.2, -0.15) is 0 Å². The monoisotopic (exact) mass is 261 g/mol. The van der Waals surface area contributed by atoms with E-state index in [0.29, 0.717) is 24.1 Å². The number of hydrogen-bond acceptors (Lipinski definition) is 3. The van der Waals surface area contributed by atoms with E-state index in [1.807, 2.05) is 12.1 Å². The third-order valence-electron chi connectivity index (χ3n) is 3.76. The Bertz CT molecular complexity index is 485. The molecule has 19 heavy (non-hydrogen) atoms. The van der Waals surface area contributed by atoms with Gasteiger partial charge < -0.3 is 16.4 Å². The second kappa shape index (κ2) is 5.51. The van der Waals surface area contributed by atoms with E-state index < -0.39 is 0 Å². The van der Waals surface area contributed by atoms with Crippen molar-refractivity contribution in [1.82, 2.24) is 0 Å². The molecule has 1 heterocycles. The summed E-state index contributed by atoms with van der Waals surface area (Å²) in [5, 5.41) is 6.30. The number of amides is 1. The molecule has 1 aliphatic rings. The topological polar surface area (TPSA) is 67.1 Å². The van der Waals surface area contributed by atoms with Crippen molar-refractivity contribution in [2.45, 2.75) is 46.1 Å². The fraction of sp³-hybridized carbons (Fsp3) is 0.533. The van der Waals surface area contributed by atoms with Gasteiger partial charge in [0.2, 0.25) is 5.91 Å². The predicted octanol–water partition coefficient (Wildman–Crippen LogP) is 3.00. The number of nitrogens with two attached hydrogens (primary N) is 1. The van der Waals surface area contributed by atoms with E-state index >= 15 is 0 Å². The summed E-state index contributed by atoms with van der Waals surface area (Å²) >= 11 is 0. The molecule has 1 aromatic rings. The molecule has 4 heteroatoms. The van der Waals surface area contributed by atoms with E-state index in [9.17, 15) is 4.79 Å². The summed E-state index contributed by atoms with van der Waals surface area (Å²) in [7, 11) is 0. The molecular formula is C15H23N3O. The highest BCUT2D eigenvalue weighted by Gasteiger charge is 2.19. The van der Waals surface area contributed by atoms with Crippen LogP contribution < -0.4 is 16.4 Å². The lowest BCUT2D eigenvalue weighted by Gasteiger charge is -2.20. The lowest BCUT2D eigenvalue weighted by molar-refractivity contribution is -0.115. The van der Waals surface area contributed by atoms with Crippen LogP contribution in [0.4, 0.5) is 17.1 Å². The van der Waals surface area contributed by atoms with E-state index in [1.165, 1.54) is 6.42 Å². The largest absolute Gasteiger partial charge is 0.397 e. The van der Waals surface area contributed by atoms with Gasteiger partial charge in [-0.15, -0.1) is 0 Å². The Balaban J connectivity index is 2.09. The van der Waals surface area contributed by atoms with E-state index in [1.54, 1.807) is 0 Å². The summed E-state index contributed by atoms with van der Waals surface area (Å²) < 4.78 is 0. The van der Waals surface area contributed by atoms with Gasteiger partial charge in [-0.1, -0.05) is 20.3 Å². The summed E-state index contributed by atoms with van der Waals surface area (Å²) in [4.78, 5) is 11.4. The summed E-state index contributed by atoms with van der Waals surface area (Å²) in [6, 6.07) is 4.21. The Morgan fingerprint density at radius 2 is 2.16 bits per heavy atom. The van der Waals surface area contributed by atoms with Crippen molar-refractivity contribution in [3.05, 3.63) is 17.7 Å². The number of fused-ring (bicyclic) bond motifs is 1. The van der Waals surface area contributed by atoms with Crippen molar-refractivity contribution >= 4 is 23.0 Å². The van der Waals surface area contributed by atoms with E-state index in [4.69, 9.17) is 5.73 Å². The molecule has 1 aromatic carbocycles. The lowest BCUT2D eigenvalue weighted by atomic mass is 10.00. The van der Waals surface area contributed by atoms with Crippen molar-refractivity contribution in [1.29, 1.82) is 0 Å². The number of carbonyl (C=O) groups is 1. The fourth-order valence-corrected chi connectivity index (χ4v) is 2.51. The van der Waals surface area contributed by atoms with Gasteiger partial charge in [0, 0.05) is 11.7 Å². The molecule has 4 nitrogen and oxygen atoms in total. The van der Waals surface area contributed by atoms with Crippen molar-refractivity contribution in [3.63, 3.8) is 0 Å². The van der Waals surface area contributed by atoms with Gasteiger partial charge in [0.25, 0.3) is 0 Å². The molecule has 104 valence electrons. The molecular weight excluding hydrogens is 238 g/mol. The summed E-state index contributed by atoms with van der Waals surface area (Å²) in [5.41, 5.74) is 9.55. The maximum absolute atomic E-state index is 11.4. The van der Waals surface area contributed by atoms with Crippen LogP contribution in [0.3, 0.4) is 0 Å². The van der Waals surface area contributed by atoms with Gasteiger partial charge in [0.1, 0.15) is 0 Å². The van der Waals surface area contributed by atoms with Crippen LogP contribution in [0.1, 0.15) is 39.2 Å². The first kappa shape index (κ1) is 13.7. The minimum absolute atomic E-state index is 0.0409. The zero-order valence-corrected chi connectivity index (χ0v) is 11.9. The molecule has 0 saturated carbocycles. The first-order valence-corrected chi connectivity index (χ1v) is 6.98. The highest BCUT2D eigenvalue weighted by Crippen LogP contribution is 2.32. The molecule has 4 N–H and O–H groups in total. The van der Waals surface area contributed by atoms with E-state index in [0.717, 1.165) is 23.4 Å². The molecule has 2 rings (SSSR count).